The van der Waals surface area contributed by atoms with E-state index in [0.29, 0.717) is 5.52 Å². The molecule has 4 aromatic rings. The smallest absolute Gasteiger partial charge is 0.407 e. The molecular weight excluding hydrogens is 520 g/mol. The lowest BCUT2D eigenvalue weighted by molar-refractivity contribution is 0.139. The van der Waals surface area contributed by atoms with Crippen molar-refractivity contribution in [2.45, 2.75) is 31.8 Å². The van der Waals surface area contributed by atoms with Crippen molar-refractivity contribution in [3.63, 3.8) is 0 Å². The van der Waals surface area contributed by atoms with E-state index < -0.39 is 29.8 Å². The average Bonchev–Trinajstić information content (AvgIpc) is 3.24. The SMILES string of the molecule is CC(CNC(=O)O)n1c([C@H](C)NC(=O)OCC2c3ccccc3-c3ccccc32)nc2cccc(Cl)c2c1=O. The van der Waals surface area contributed by atoms with Crippen LogP contribution in [0.2, 0.25) is 5.02 Å². The molecule has 0 spiro atoms. The zero-order valence-electron chi connectivity index (χ0n) is 21.3. The topological polar surface area (TPSA) is 123 Å². The predicted molar refractivity (Wildman–Crippen MR) is 148 cm³/mol. The summed E-state index contributed by atoms with van der Waals surface area (Å²) in [7, 11) is 0. The molecule has 1 unspecified atom stereocenters. The maximum Gasteiger partial charge on any atom is 0.407 e. The summed E-state index contributed by atoms with van der Waals surface area (Å²) in [5.74, 6) is 0.155. The van der Waals surface area contributed by atoms with Crippen LogP contribution in [-0.4, -0.2) is 40.0 Å². The van der Waals surface area contributed by atoms with E-state index in [2.05, 4.69) is 27.8 Å². The molecule has 2 amide bonds. The van der Waals surface area contributed by atoms with E-state index >= 15 is 0 Å². The molecule has 0 saturated carbocycles. The van der Waals surface area contributed by atoms with Gasteiger partial charge in [0, 0.05) is 12.5 Å². The monoisotopic (exact) mass is 546 g/mol. The second-order valence-electron chi connectivity index (χ2n) is 9.51. The molecule has 0 fully saturated rings. The number of amides is 2. The molecule has 0 aliphatic heterocycles. The van der Waals surface area contributed by atoms with Crippen molar-refractivity contribution in [3.05, 3.63) is 99.1 Å². The lowest BCUT2D eigenvalue weighted by Crippen LogP contribution is -2.39. The van der Waals surface area contributed by atoms with E-state index in [0.717, 1.165) is 22.3 Å². The average molecular weight is 547 g/mol. The summed E-state index contributed by atoms with van der Waals surface area (Å²) in [6.45, 7) is 3.47. The standard InChI is InChI=1S/C29H27ClN4O5/c1-16(14-31-28(36)37)34-26(33-24-13-7-12-23(30)25(24)27(34)35)17(2)32-29(38)39-15-22-20-10-5-3-8-18(20)19-9-4-6-11-21(19)22/h3-13,16-17,22,31H,14-15H2,1-2H3,(H,32,38)(H,36,37)/t16?,17-/m0/s1. The number of halogens is 1. The van der Waals surface area contributed by atoms with Gasteiger partial charge >= 0.3 is 12.2 Å². The van der Waals surface area contributed by atoms with Crippen LogP contribution in [0.1, 0.15) is 48.8 Å². The fraction of sp³-hybridized carbons (Fsp3) is 0.241. The van der Waals surface area contributed by atoms with Crippen molar-refractivity contribution in [1.82, 2.24) is 20.2 Å². The molecule has 3 N–H and O–H groups in total. The lowest BCUT2D eigenvalue weighted by atomic mass is 9.98. The van der Waals surface area contributed by atoms with Gasteiger partial charge in [-0.15, -0.1) is 0 Å². The predicted octanol–water partition coefficient (Wildman–Crippen LogP) is 5.48. The Hall–Kier alpha value is -4.37. The molecule has 200 valence electrons. The third-order valence-corrected chi connectivity index (χ3v) is 7.28. The van der Waals surface area contributed by atoms with Crippen LogP contribution >= 0.6 is 11.6 Å². The Kier molecular flexibility index (Phi) is 7.26. The molecule has 9 nitrogen and oxygen atoms in total. The van der Waals surface area contributed by atoms with E-state index in [4.69, 9.17) is 21.4 Å². The molecule has 1 aromatic heterocycles. The van der Waals surface area contributed by atoms with Gasteiger partial charge in [0.2, 0.25) is 0 Å². The van der Waals surface area contributed by atoms with Crippen molar-refractivity contribution in [2.75, 3.05) is 13.2 Å². The van der Waals surface area contributed by atoms with Crippen LogP contribution in [0.4, 0.5) is 9.59 Å². The number of fused-ring (bicyclic) bond motifs is 4. The fourth-order valence-electron chi connectivity index (χ4n) is 5.16. The van der Waals surface area contributed by atoms with E-state index in [1.54, 1.807) is 32.0 Å². The third kappa shape index (κ3) is 5.05. The molecule has 3 aromatic carbocycles. The number of ether oxygens (including phenoxy) is 1. The van der Waals surface area contributed by atoms with Gasteiger partial charge in [-0.05, 0) is 48.2 Å². The first-order valence-corrected chi connectivity index (χ1v) is 12.9. The van der Waals surface area contributed by atoms with Gasteiger partial charge in [-0.3, -0.25) is 9.36 Å². The number of benzene rings is 3. The Morgan fingerprint density at radius 2 is 1.67 bits per heavy atom. The number of alkyl carbamates (subject to hydrolysis) is 1. The van der Waals surface area contributed by atoms with Gasteiger partial charge in [0.05, 0.1) is 28.0 Å². The molecular formula is C29H27ClN4O5. The first kappa shape index (κ1) is 26.2. The van der Waals surface area contributed by atoms with Gasteiger partial charge in [-0.2, -0.15) is 0 Å². The molecule has 39 heavy (non-hydrogen) atoms. The molecule has 1 heterocycles. The van der Waals surface area contributed by atoms with Gasteiger partial charge in [0.15, 0.2) is 0 Å². The summed E-state index contributed by atoms with van der Waals surface area (Å²) >= 11 is 6.31. The summed E-state index contributed by atoms with van der Waals surface area (Å²) in [4.78, 5) is 42.2. The maximum absolute atomic E-state index is 13.5. The van der Waals surface area contributed by atoms with Crippen LogP contribution in [0.3, 0.4) is 0 Å². The summed E-state index contributed by atoms with van der Waals surface area (Å²) < 4.78 is 7.03. The van der Waals surface area contributed by atoms with Gasteiger partial charge in [0.25, 0.3) is 5.56 Å². The fourth-order valence-corrected chi connectivity index (χ4v) is 5.41. The molecule has 2 atom stereocenters. The number of hydrogen-bond acceptors (Lipinski definition) is 5. The summed E-state index contributed by atoms with van der Waals surface area (Å²) in [5, 5.41) is 14.6. The van der Waals surface area contributed by atoms with Gasteiger partial charge < -0.3 is 20.5 Å². The Balaban J connectivity index is 1.39. The number of aromatic nitrogens is 2. The lowest BCUT2D eigenvalue weighted by Gasteiger charge is -2.24. The second-order valence-corrected chi connectivity index (χ2v) is 9.91. The van der Waals surface area contributed by atoms with E-state index in [9.17, 15) is 14.4 Å². The highest BCUT2D eigenvalue weighted by molar-refractivity contribution is 6.35. The van der Waals surface area contributed by atoms with E-state index in [-0.39, 0.29) is 35.3 Å². The molecule has 0 bridgehead atoms. The molecule has 1 aliphatic rings. The summed E-state index contributed by atoms with van der Waals surface area (Å²) in [5.41, 5.74) is 4.40. The van der Waals surface area contributed by atoms with Crippen molar-refractivity contribution < 1.29 is 19.4 Å². The van der Waals surface area contributed by atoms with Crippen molar-refractivity contribution in [2.24, 2.45) is 0 Å². The van der Waals surface area contributed by atoms with Gasteiger partial charge in [-0.1, -0.05) is 66.2 Å². The van der Waals surface area contributed by atoms with Gasteiger partial charge in [-0.25, -0.2) is 14.6 Å². The van der Waals surface area contributed by atoms with Gasteiger partial charge in [0.1, 0.15) is 12.4 Å². The minimum absolute atomic E-state index is 0.0441. The number of rotatable bonds is 7. The first-order valence-electron chi connectivity index (χ1n) is 12.5. The Labute approximate surface area is 229 Å². The van der Waals surface area contributed by atoms with Crippen LogP contribution in [0.5, 0.6) is 0 Å². The van der Waals surface area contributed by atoms with Crippen LogP contribution in [0.15, 0.2) is 71.5 Å². The number of carboxylic acid groups (broad SMARTS) is 1. The molecule has 1 aliphatic carbocycles. The van der Waals surface area contributed by atoms with Crippen molar-refractivity contribution in [3.8, 4) is 11.1 Å². The number of carbonyl (C=O) groups excluding carboxylic acids is 1. The van der Waals surface area contributed by atoms with Crippen molar-refractivity contribution >= 4 is 34.7 Å². The molecule has 0 saturated heterocycles. The quantitative estimate of drug-likeness (QED) is 0.282. The minimum Gasteiger partial charge on any atom is -0.465 e. The third-order valence-electron chi connectivity index (χ3n) is 6.96. The van der Waals surface area contributed by atoms with Crippen LogP contribution in [0, 0.1) is 0 Å². The number of nitrogens with zero attached hydrogens (tertiary/aromatic N) is 2. The molecule has 5 rings (SSSR count). The zero-order chi connectivity index (χ0) is 27.7. The largest absolute Gasteiger partial charge is 0.465 e. The Morgan fingerprint density at radius 1 is 1.03 bits per heavy atom. The first-order chi connectivity index (χ1) is 18.8. The molecule has 0 radical (unpaired) electrons. The second kappa shape index (κ2) is 10.8. The Morgan fingerprint density at radius 3 is 2.31 bits per heavy atom. The minimum atomic E-state index is -1.21. The Bertz CT molecular complexity index is 1590. The van der Waals surface area contributed by atoms with Crippen LogP contribution in [0.25, 0.3) is 22.0 Å². The van der Waals surface area contributed by atoms with Crippen LogP contribution < -0.4 is 16.2 Å². The number of nitrogens with one attached hydrogen (secondary N) is 2. The molecule has 10 heteroatoms. The number of carbonyl (C=O) groups is 2. The van der Waals surface area contributed by atoms with E-state index in [1.165, 1.54) is 4.57 Å². The van der Waals surface area contributed by atoms with E-state index in [1.807, 2.05) is 36.4 Å². The zero-order valence-corrected chi connectivity index (χ0v) is 22.1. The highest BCUT2D eigenvalue weighted by Gasteiger charge is 2.29. The van der Waals surface area contributed by atoms with Crippen LogP contribution in [-0.2, 0) is 4.74 Å². The van der Waals surface area contributed by atoms with Crippen molar-refractivity contribution in [1.29, 1.82) is 0 Å². The number of hydrogen-bond donors (Lipinski definition) is 3. The normalized spacial score (nSPS) is 13.8. The maximum atomic E-state index is 13.5. The highest BCUT2D eigenvalue weighted by Crippen LogP contribution is 2.44. The summed E-state index contributed by atoms with van der Waals surface area (Å²) in [6.07, 6.45) is -1.87. The highest BCUT2D eigenvalue weighted by atomic mass is 35.5. The summed E-state index contributed by atoms with van der Waals surface area (Å²) in [6, 6.07) is 19.7.